The van der Waals surface area contributed by atoms with Crippen LogP contribution < -0.4 is 16.8 Å². The molecule has 0 saturated carbocycles. The van der Waals surface area contributed by atoms with Gasteiger partial charge in [0.15, 0.2) is 0 Å². The Labute approximate surface area is 121 Å². The summed E-state index contributed by atoms with van der Waals surface area (Å²) in [6, 6.07) is -2.90. The Morgan fingerprint density at radius 1 is 1.38 bits per heavy atom. The average Bonchev–Trinajstić information content (AvgIpc) is 2.85. The zero-order chi connectivity index (χ0) is 16.2. The summed E-state index contributed by atoms with van der Waals surface area (Å²) in [4.78, 5) is 47.1. The van der Waals surface area contributed by atoms with Crippen molar-refractivity contribution in [2.24, 2.45) is 11.5 Å². The summed E-state index contributed by atoms with van der Waals surface area (Å²) in [6.45, 7) is 1.91. The average molecular weight is 300 g/mol. The second-order valence-corrected chi connectivity index (χ2v) is 5.05. The number of carbonyl (C=O) groups is 4. The molecule has 21 heavy (non-hydrogen) atoms. The Bertz CT molecular complexity index is 451. The number of carbonyl (C=O) groups excluding carboxylic acids is 3. The van der Waals surface area contributed by atoms with Crippen molar-refractivity contribution in [3.8, 4) is 0 Å². The van der Waals surface area contributed by atoms with Gasteiger partial charge in [-0.2, -0.15) is 0 Å². The maximum absolute atomic E-state index is 12.1. The van der Waals surface area contributed by atoms with Crippen LogP contribution in [0, 0.1) is 0 Å². The van der Waals surface area contributed by atoms with Crippen LogP contribution in [0.15, 0.2) is 0 Å². The van der Waals surface area contributed by atoms with E-state index >= 15 is 0 Å². The molecule has 1 heterocycles. The number of primary amides is 1. The van der Waals surface area contributed by atoms with Gasteiger partial charge in [-0.25, -0.2) is 4.79 Å². The van der Waals surface area contributed by atoms with Gasteiger partial charge in [0, 0.05) is 6.54 Å². The van der Waals surface area contributed by atoms with Crippen molar-refractivity contribution in [2.75, 3.05) is 6.54 Å². The van der Waals surface area contributed by atoms with Gasteiger partial charge in [0.2, 0.25) is 17.7 Å². The molecule has 0 spiro atoms. The number of rotatable bonds is 6. The molecule has 118 valence electrons. The molecule has 0 bridgehead atoms. The van der Waals surface area contributed by atoms with Gasteiger partial charge < -0.3 is 26.8 Å². The Kier molecular flexibility index (Phi) is 5.65. The van der Waals surface area contributed by atoms with Gasteiger partial charge in [0.1, 0.15) is 12.1 Å². The van der Waals surface area contributed by atoms with Crippen LogP contribution in [0.4, 0.5) is 0 Å². The van der Waals surface area contributed by atoms with Crippen molar-refractivity contribution >= 4 is 23.7 Å². The zero-order valence-electron chi connectivity index (χ0n) is 11.7. The van der Waals surface area contributed by atoms with E-state index in [0.717, 1.165) is 0 Å². The maximum atomic E-state index is 12.1. The highest BCUT2D eigenvalue weighted by molar-refractivity contribution is 5.93. The van der Waals surface area contributed by atoms with Crippen molar-refractivity contribution in [1.82, 2.24) is 10.2 Å². The fraction of sp³-hybridized carbons (Fsp3) is 0.667. The Morgan fingerprint density at radius 3 is 2.48 bits per heavy atom. The van der Waals surface area contributed by atoms with Gasteiger partial charge in [-0.05, 0) is 19.8 Å². The largest absolute Gasteiger partial charge is 0.480 e. The number of hydrogen-bond acceptors (Lipinski definition) is 5. The summed E-state index contributed by atoms with van der Waals surface area (Å²) < 4.78 is 0. The van der Waals surface area contributed by atoms with E-state index < -0.39 is 42.3 Å². The molecule has 0 aliphatic carbocycles. The van der Waals surface area contributed by atoms with Gasteiger partial charge in [-0.1, -0.05) is 0 Å². The molecule has 0 aromatic carbocycles. The molecule has 3 atom stereocenters. The van der Waals surface area contributed by atoms with Gasteiger partial charge >= 0.3 is 5.97 Å². The SMILES string of the molecule is C[C@H](N)C(=O)N1CCC[C@H]1C(=O)N[C@@H](CC(N)=O)C(=O)O. The number of carboxylic acids is 1. The van der Waals surface area contributed by atoms with Crippen LogP contribution in [0.5, 0.6) is 0 Å². The minimum atomic E-state index is -1.40. The second-order valence-electron chi connectivity index (χ2n) is 5.05. The topological polar surface area (TPSA) is 156 Å². The van der Waals surface area contributed by atoms with E-state index in [1.54, 1.807) is 0 Å². The lowest BCUT2D eigenvalue weighted by Crippen LogP contribution is -2.53. The molecule has 1 aliphatic heterocycles. The monoisotopic (exact) mass is 300 g/mol. The second kappa shape index (κ2) is 7.02. The maximum Gasteiger partial charge on any atom is 0.326 e. The smallest absolute Gasteiger partial charge is 0.326 e. The Balaban J connectivity index is 2.74. The summed E-state index contributed by atoms with van der Waals surface area (Å²) in [6.07, 6.45) is 0.548. The predicted octanol–water partition coefficient (Wildman–Crippen LogP) is -2.23. The van der Waals surface area contributed by atoms with E-state index in [4.69, 9.17) is 16.6 Å². The van der Waals surface area contributed by atoms with E-state index in [9.17, 15) is 19.2 Å². The number of nitrogens with zero attached hydrogens (tertiary/aromatic N) is 1. The summed E-state index contributed by atoms with van der Waals surface area (Å²) in [5.74, 6) is -3.17. The highest BCUT2D eigenvalue weighted by Crippen LogP contribution is 2.18. The molecular formula is C12H20N4O5. The molecule has 1 aliphatic rings. The minimum Gasteiger partial charge on any atom is -0.480 e. The third kappa shape index (κ3) is 4.42. The van der Waals surface area contributed by atoms with E-state index in [1.807, 2.05) is 0 Å². The number of hydrogen-bond donors (Lipinski definition) is 4. The quantitative estimate of drug-likeness (QED) is 0.435. The third-order valence-electron chi connectivity index (χ3n) is 3.25. The summed E-state index contributed by atoms with van der Waals surface area (Å²) in [5, 5.41) is 11.2. The lowest BCUT2D eigenvalue weighted by atomic mass is 10.1. The Hall–Kier alpha value is -2.16. The van der Waals surface area contributed by atoms with Crippen LogP contribution in [0.2, 0.25) is 0 Å². The number of amides is 3. The third-order valence-corrected chi connectivity index (χ3v) is 3.25. The molecule has 0 aromatic heterocycles. The number of aliphatic carboxylic acids is 1. The first-order valence-corrected chi connectivity index (χ1v) is 6.61. The normalized spacial score (nSPS) is 20.7. The van der Waals surface area contributed by atoms with E-state index in [1.165, 1.54) is 11.8 Å². The van der Waals surface area contributed by atoms with Crippen LogP contribution in [0.3, 0.4) is 0 Å². The van der Waals surface area contributed by atoms with E-state index in [-0.39, 0.29) is 5.91 Å². The molecule has 1 fully saturated rings. The number of nitrogens with one attached hydrogen (secondary N) is 1. The first-order chi connectivity index (χ1) is 9.73. The number of likely N-dealkylation sites (tertiary alicyclic amines) is 1. The van der Waals surface area contributed by atoms with Crippen molar-refractivity contribution in [3.05, 3.63) is 0 Å². The molecule has 0 aromatic rings. The van der Waals surface area contributed by atoms with Crippen LogP contribution >= 0.6 is 0 Å². The minimum absolute atomic E-state index is 0.366. The Morgan fingerprint density at radius 2 is 2.00 bits per heavy atom. The first-order valence-electron chi connectivity index (χ1n) is 6.61. The first kappa shape index (κ1) is 16.9. The van der Waals surface area contributed by atoms with Crippen molar-refractivity contribution in [2.45, 2.75) is 44.3 Å². The molecule has 3 amide bonds. The lowest BCUT2D eigenvalue weighted by molar-refractivity contribution is -0.145. The lowest BCUT2D eigenvalue weighted by Gasteiger charge is -2.26. The molecule has 9 nitrogen and oxygen atoms in total. The standard InChI is InChI=1S/C12H20N4O5/c1-6(13)11(19)16-4-2-3-8(16)10(18)15-7(12(20)21)5-9(14)17/h6-8H,2-5,13H2,1H3,(H2,14,17)(H,15,18)(H,20,21)/t6-,7-,8-/m0/s1. The van der Waals surface area contributed by atoms with Crippen molar-refractivity contribution in [1.29, 1.82) is 0 Å². The molecule has 0 radical (unpaired) electrons. The molecule has 1 rings (SSSR count). The molecule has 6 N–H and O–H groups in total. The van der Waals surface area contributed by atoms with Gasteiger partial charge in [0.05, 0.1) is 12.5 Å². The van der Waals surface area contributed by atoms with Crippen molar-refractivity contribution < 1.29 is 24.3 Å². The van der Waals surface area contributed by atoms with Gasteiger partial charge in [-0.3, -0.25) is 14.4 Å². The zero-order valence-corrected chi connectivity index (χ0v) is 11.7. The van der Waals surface area contributed by atoms with Crippen molar-refractivity contribution in [3.63, 3.8) is 0 Å². The van der Waals surface area contributed by atoms with Crippen LogP contribution in [0.1, 0.15) is 26.2 Å². The molecular weight excluding hydrogens is 280 g/mol. The van der Waals surface area contributed by atoms with Gasteiger partial charge in [0.25, 0.3) is 0 Å². The highest BCUT2D eigenvalue weighted by Gasteiger charge is 2.36. The highest BCUT2D eigenvalue weighted by atomic mass is 16.4. The van der Waals surface area contributed by atoms with Crippen LogP contribution in [0.25, 0.3) is 0 Å². The van der Waals surface area contributed by atoms with E-state index in [0.29, 0.717) is 19.4 Å². The summed E-state index contributed by atoms with van der Waals surface area (Å²) in [7, 11) is 0. The number of nitrogens with two attached hydrogens (primary N) is 2. The molecule has 1 saturated heterocycles. The predicted molar refractivity (Wildman–Crippen MR) is 71.8 cm³/mol. The van der Waals surface area contributed by atoms with Gasteiger partial charge in [-0.15, -0.1) is 0 Å². The summed E-state index contributed by atoms with van der Waals surface area (Å²) >= 11 is 0. The van der Waals surface area contributed by atoms with Crippen LogP contribution in [-0.2, 0) is 19.2 Å². The summed E-state index contributed by atoms with van der Waals surface area (Å²) in [5.41, 5.74) is 10.5. The fourth-order valence-electron chi connectivity index (χ4n) is 2.23. The van der Waals surface area contributed by atoms with Crippen LogP contribution in [-0.4, -0.2) is 58.4 Å². The fourth-order valence-corrected chi connectivity index (χ4v) is 2.23. The molecule has 9 heteroatoms. The molecule has 0 unspecified atom stereocenters. The van der Waals surface area contributed by atoms with E-state index in [2.05, 4.69) is 5.32 Å². The number of carboxylic acid groups (broad SMARTS) is 1.